The molecule has 1 aromatic carbocycles. The lowest BCUT2D eigenvalue weighted by molar-refractivity contribution is 0.0692. The smallest absolute Gasteiger partial charge is 0.414 e. The SMILES string of the molecule is O=C(O)c1c(F)cccc1N1CCCOC1=O. The Bertz CT molecular complexity index is 475. The van der Waals surface area contributed by atoms with Crippen molar-refractivity contribution in [2.75, 3.05) is 18.1 Å². The van der Waals surface area contributed by atoms with Gasteiger partial charge in [0.1, 0.15) is 11.4 Å². The summed E-state index contributed by atoms with van der Waals surface area (Å²) in [6.45, 7) is 0.621. The second-order valence-electron chi connectivity index (χ2n) is 3.56. The molecule has 0 atom stereocenters. The van der Waals surface area contributed by atoms with Gasteiger partial charge in [0.05, 0.1) is 12.3 Å². The van der Waals surface area contributed by atoms with E-state index in [9.17, 15) is 14.0 Å². The standard InChI is InChI=1S/C11H10FNO4/c12-7-3-1-4-8(9(7)10(14)15)13-5-2-6-17-11(13)16/h1,3-4H,2,5-6H2,(H,14,15). The number of hydrogen-bond acceptors (Lipinski definition) is 3. The number of rotatable bonds is 2. The monoisotopic (exact) mass is 239 g/mol. The second kappa shape index (κ2) is 4.40. The number of amides is 1. The molecule has 5 nitrogen and oxygen atoms in total. The average molecular weight is 239 g/mol. The van der Waals surface area contributed by atoms with Gasteiger partial charge in [0, 0.05) is 6.54 Å². The Morgan fingerprint density at radius 1 is 1.47 bits per heavy atom. The number of hydrogen-bond donors (Lipinski definition) is 1. The normalized spacial score (nSPS) is 15.6. The number of carboxylic acid groups (broad SMARTS) is 1. The van der Waals surface area contributed by atoms with E-state index in [1.165, 1.54) is 12.1 Å². The molecule has 0 saturated carbocycles. The fraction of sp³-hybridized carbons (Fsp3) is 0.273. The fourth-order valence-corrected chi connectivity index (χ4v) is 1.72. The molecule has 0 spiro atoms. The highest BCUT2D eigenvalue weighted by atomic mass is 19.1. The first-order valence-corrected chi connectivity index (χ1v) is 5.07. The minimum absolute atomic E-state index is 0.0298. The first kappa shape index (κ1) is 11.4. The van der Waals surface area contributed by atoms with Gasteiger partial charge in [0.15, 0.2) is 0 Å². The molecule has 90 valence electrons. The van der Waals surface area contributed by atoms with Crippen LogP contribution < -0.4 is 4.90 Å². The minimum Gasteiger partial charge on any atom is -0.478 e. The quantitative estimate of drug-likeness (QED) is 0.855. The summed E-state index contributed by atoms with van der Waals surface area (Å²) in [5, 5.41) is 8.94. The highest BCUT2D eigenvalue weighted by Crippen LogP contribution is 2.25. The Labute approximate surface area is 96.4 Å². The third-order valence-electron chi connectivity index (χ3n) is 2.47. The lowest BCUT2D eigenvalue weighted by Gasteiger charge is -2.27. The third-order valence-corrected chi connectivity index (χ3v) is 2.47. The topological polar surface area (TPSA) is 66.8 Å². The van der Waals surface area contributed by atoms with Gasteiger partial charge in [0.2, 0.25) is 0 Å². The highest BCUT2D eigenvalue weighted by Gasteiger charge is 2.27. The first-order valence-electron chi connectivity index (χ1n) is 5.07. The molecule has 1 N–H and O–H groups in total. The second-order valence-corrected chi connectivity index (χ2v) is 3.56. The number of carbonyl (C=O) groups excluding carboxylic acids is 1. The summed E-state index contributed by atoms with van der Waals surface area (Å²) >= 11 is 0. The van der Waals surface area contributed by atoms with Crippen LogP contribution in [0.1, 0.15) is 16.8 Å². The number of nitrogens with zero attached hydrogens (tertiary/aromatic N) is 1. The number of cyclic esters (lactones) is 1. The zero-order chi connectivity index (χ0) is 12.4. The number of ether oxygens (including phenoxy) is 1. The minimum atomic E-state index is -1.41. The Kier molecular flexibility index (Phi) is 2.95. The largest absolute Gasteiger partial charge is 0.478 e. The van der Waals surface area contributed by atoms with Crippen molar-refractivity contribution >= 4 is 17.7 Å². The lowest BCUT2D eigenvalue weighted by atomic mass is 10.1. The molecule has 1 aliphatic heterocycles. The molecule has 1 heterocycles. The maximum Gasteiger partial charge on any atom is 0.414 e. The third kappa shape index (κ3) is 2.06. The Balaban J connectivity index is 2.47. The molecule has 0 aliphatic carbocycles. The van der Waals surface area contributed by atoms with Crippen LogP contribution in [0, 0.1) is 5.82 Å². The molecule has 1 saturated heterocycles. The molecule has 1 aromatic rings. The van der Waals surface area contributed by atoms with Gasteiger partial charge in [-0.15, -0.1) is 0 Å². The van der Waals surface area contributed by atoms with E-state index in [2.05, 4.69) is 0 Å². The van der Waals surface area contributed by atoms with Gasteiger partial charge in [-0.3, -0.25) is 4.90 Å². The van der Waals surface area contributed by atoms with E-state index in [0.29, 0.717) is 19.6 Å². The molecule has 17 heavy (non-hydrogen) atoms. The van der Waals surface area contributed by atoms with E-state index in [0.717, 1.165) is 11.0 Å². The van der Waals surface area contributed by atoms with Crippen molar-refractivity contribution in [1.29, 1.82) is 0 Å². The molecule has 2 rings (SSSR count). The Morgan fingerprint density at radius 3 is 2.88 bits per heavy atom. The summed E-state index contributed by atoms with van der Waals surface area (Å²) in [5.74, 6) is -2.27. The maximum absolute atomic E-state index is 13.4. The maximum atomic E-state index is 13.4. The van der Waals surface area contributed by atoms with Crippen molar-refractivity contribution in [3.05, 3.63) is 29.6 Å². The van der Waals surface area contributed by atoms with Crippen molar-refractivity contribution in [1.82, 2.24) is 0 Å². The van der Waals surface area contributed by atoms with Crippen molar-refractivity contribution in [3.63, 3.8) is 0 Å². The molecule has 0 unspecified atom stereocenters. The van der Waals surface area contributed by atoms with Crippen molar-refractivity contribution in [3.8, 4) is 0 Å². The molecule has 0 aromatic heterocycles. The molecular weight excluding hydrogens is 229 g/mol. The predicted molar refractivity (Wildman–Crippen MR) is 56.7 cm³/mol. The van der Waals surface area contributed by atoms with Gasteiger partial charge in [-0.05, 0) is 18.6 Å². The van der Waals surface area contributed by atoms with Crippen LogP contribution in [-0.4, -0.2) is 30.3 Å². The van der Waals surface area contributed by atoms with Crippen LogP contribution >= 0.6 is 0 Å². The summed E-state index contributed by atoms with van der Waals surface area (Å²) in [4.78, 5) is 23.6. The zero-order valence-corrected chi connectivity index (χ0v) is 8.85. The molecule has 0 radical (unpaired) electrons. The van der Waals surface area contributed by atoms with E-state index in [4.69, 9.17) is 9.84 Å². The lowest BCUT2D eigenvalue weighted by Crippen LogP contribution is -2.38. The number of halogens is 1. The number of aromatic carboxylic acids is 1. The Morgan fingerprint density at radius 2 is 2.24 bits per heavy atom. The van der Waals surface area contributed by atoms with Gasteiger partial charge in [0.25, 0.3) is 0 Å². The first-order chi connectivity index (χ1) is 8.11. The molecule has 0 bridgehead atoms. The van der Waals surface area contributed by atoms with E-state index < -0.39 is 23.4 Å². The van der Waals surface area contributed by atoms with Crippen LogP contribution in [0.2, 0.25) is 0 Å². The van der Waals surface area contributed by atoms with Crippen molar-refractivity contribution in [2.24, 2.45) is 0 Å². The zero-order valence-electron chi connectivity index (χ0n) is 8.85. The van der Waals surface area contributed by atoms with Gasteiger partial charge < -0.3 is 9.84 Å². The van der Waals surface area contributed by atoms with Gasteiger partial charge in [-0.25, -0.2) is 14.0 Å². The van der Waals surface area contributed by atoms with Gasteiger partial charge >= 0.3 is 12.1 Å². The fourth-order valence-electron chi connectivity index (χ4n) is 1.72. The van der Waals surface area contributed by atoms with Crippen LogP contribution in [0.3, 0.4) is 0 Å². The summed E-state index contributed by atoms with van der Waals surface area (Å²) < 4.78 is 18.2. The molecule has 1 aliphatic rings. The van der Waals surface area contributed by atoms with Crippen molar-refractivity contribution < 1.29 is 23.8 Å². The Hall–Kier alpha value is -2.11. The van der Waals surface area contributed by atoms with Crippen LogP contribution in [0.25, 0.3) is 0 Å². The molecule has 6 heteroatoms. The van der Waals surface area contributed by atoms with E-state index in [-0.39, 0.29) is 5.69 Å². The number of anilines is 1. The van der Waals surface area contributed by atoms with Gasteiger partial charge in [-0.1, -0.05) is 6.07 Å². The van der Waals surface area contributed by atoms with Gasteiger partial charge in [-0.2, -0.15) is 0 Å². The summed E-state index contributed by atoms with van der Waals surface area (Å²) in [7, 11) is 0. The summed E-state index contributed by atoms with van der Waals surface area (Å²) in [5.41, 5.74) is -0.478. The summed E-state index contributed by atoms with van der Waals surface area (Å²) in [6.07, 6.45) is -0.0641. The van der Waals surface area contributed by atoms with E-state index in [1.807, 2.05) is 0 Å². The number of carboxylic acids is 1. The van der Waals surface area contributed by atoms with Crippen LogP contribution in [0.5, 0.6) is 0 Å². The predicted octanol–water partition coefficient (Wildman–Crippen LogP) is 1.87. The number of benzene rings is 1. The summed E-state index contributed by atoms with van der Waals surface area (Å²) in [6, 6.07) is 3.79. The van der Waals surface area contributed by atoms with Crippen LogP contribution in [-0.2, 0) is 4.74 Å². The molecular formula is C11H10FNO4. The number of carbonyl (C=O) groups is 2. The van der Waals surface area contributed by atoms with Crippen LogP contribution in [0.4, 0.5) is 14.9 Å². The van der Waals surface area contributed by atoms with E-state index >= 15 is 0 Å². The molecule has 1 amide bonds. The van der Waals surface area contributed by atoms with Crippen LogP contribution in [0.15, 0.2) is 18.2 Å². The average Bonchev–Trinajstić information content (AvgIpc) is 2.28. The molecule has 1 fully saturated rings. The van der Waals surface area contributed by atoms with Crippen molar-refractivity contribution in [2.45, 2.75) is 6.42 Å². The van der Waals surface area contributed by atoms with E-state index in [1.54, 1.807) is 0 Å². The highest BCUT2D eigenvalue weighted by molar-refractivity contribution is 6.00.